The van der Waals surface area contributed by atoms with Gasteiger partial charge in [-0.05, 0) is 32.0 Å². The fourth-order valence-electron chi connectivity index (χ4n) is 4.19. The monoisotopic (exact) mass is 499 g/mol. The molecule has 9 nitrogen and oxygen atoms in total. The molecular weight excluding hydrogens is 475 g/mol. The zero-order chi connectivity index (χ0) is 25.4. The van der Waals surface area contributed by atoms with E-state index in [1.54, 1.807) is 17.3 Å². The number of aromatic nitrogens is 5. The minimum atomic E-state index is -4.45. The summed E-state index contributed by atoms with van der Waals surface area (Å²) in [6, 6.07) is 6.81. The van der Waals surface area contributed by atoms with Crippen LogP contribution in [-0.2, 0) is 12.7 Å². The summed E-state index contributed by atoms with van der Waals surface area (Å²) in [5.74, 6) is 0.318. The topological polar surface area (TPSA) is 93.2 Å². The van der Waals surface area contributed by atoms with E-state index in [0.717, 1.165) is 23.2 Å². The molecule has 4 aromatic rings. The summed E-state index contributed by atoms with van der Waals surface area (Å²) in [7, 11) is 0. The van der Waals surface area contributed by atoms with Crippen LogP contribution >= 0.6 is 0 Å². The smallest absolute Gasteiger partial charge is 0.338 e. The van der Waals surface area contributed by atoms with E-state index in [4.69, 9.17) is 4.52 Å². The number of amides is 1. The molecule has 1 aliphatic rings. The third-order valence-corrected chi connectivity index (χ3v) is 6.10. The van der Waals surface area contributed by atoms with Crippen LogP contribution in [0.15, 0.2) is 47.2 Å². The summed E-state index contributed by atoms with van der Waals surface area (Å²) < 4.78 is 46.0. The van der Waals surface area contributed by atoms with E-state index in [9.17, 15) is 18.0 Å². The van der Waals surface area contributed by atoms with Crippen molar-refractivity contribution >= 4 is 16.9 Å². The Kier molecular flexibility index (Phi) is 6.20. The molecule has 1 saturated heterocycles. The van der Waals surface area contributed by atoms with Gasteiger partial charge in [0.2, 0.25) is 11.7 Å². The van der Waals surface area contributed by atoms with Crippen LogP contribution in [0.1, 0.15) is 41.7 Å². The predicted molar refractivity (Wildman–Crippen MR) is 124 cm³/mol. The van der Waals surface area contributed by atoms with Crippen molar-refractivity contribution in [3.8, 4) is 11.4 Å². The maximum Gasteiger partial charge on any atom is 0.416 e. The minimum absolute atomic E-state index is 0.0917. The van der Waals surface area contributed by atoms with Crippen molar-refractivity contribution in [2.24, 2.45) is 0 Å². The molecule has 5 rings (SSSR count). The van der Waals surface area contributed by atoms with Crippen molar-refractivity contribution in [1.82, 2.24) is 34.7 Å². The van der Waals surface area contributed by atoms with E-state index in [0.29, 0.717) is 44.2 Å². The average Bonchev–Trinajstić information content (AvgIpc) is 3.50. The molecule has 1 amide bonds. The lowest BCUT2D eigenvalue weighted by molar-refractivity contribution is -0.137. The SMILES string of the molecule is CC(C)n1ncc2cc(C(=O)N3CCN(Cc4nc(-c5cccc(C(F)(F)F)c5)no4)CC3)cnc21. The molecule has 1 aromatic carbocycles. The molecule has 0 atom stereocenters. The molecule has 1 aliphatic heterocycles. The number of rotatable bonds is 5. The van der Waals surface area contributed by atoms with Gasteiger partial charge in [0.1, 0.15) is 0 Å². The Balaban J connectivity index is 1.19. The summed E-state index contributed by atoms with van der Waals surface area (Å²) in [5, 5.41) is 9.00. The number of piperazine rings is 1. The molecule has 188 valence electrons. The van der Waals surface area contributed by atoms with Crippen LogP contribution in [0.25, 0.3) is 22.4 Å². The maximum absolute atomic E-state index is 13.0. The van der Waals surface area contributed by atoms with Gasteiger partial charge in [0.15, 0.2) is 5.65 Å². The molecule has 12 heteroatoms. The fourth-order valence-corrected chi connectivity index (χ4v) is 4.19. The van der Waals surface area contributed by atoms with E-state index in [1.807, 2.05) is 24.6 Å². The molecule has 36 heavy (non-hydrogen) atoms. The van der Waals surface area contributed by atoms with Gasteiger partial charge in [-0.1, -0.05) is 17.3 Å². The Hall–Kier alpha value is -3.80. The van der Waals surface area contributed by atoms with Gasteiger partial charge in [-0.25, -0.2) is 9.67 Å². The predicted octanol–water partition coefficient (Wildman–Crippen LogP) is 4.04. The second-order valence-electron chi connectivity index (χ2n) is 8.98. The maximum atomic E-state index is 13.0. The molecule has 4 heterocycles. The number of carbonyl (C=O) groups is 1. The summed E-state index contributed by atoms with van der Waals surface area (Å²) in [4.78, 5) is 25.6. The van der Waals surface area contributed by atoms with Crippen molar-refractivity contribution in [2.75, 3.05) is 26.2 Å². The molecule has 0 radical (unpaired) electrons. The zero-order valence-electron chi connectivity index (χ0n) is 19.7. The number of alkyl halides is 3. The van der Waals surface area contributed by atoms with Crippen LogP contribution in [-0.4, -0.2) is 66.8 Å². The highest BCUT2D eigenvalue weighted by atomic mass is 19.4. The first-order valence-corrected chi connectivity index (χ1v) is 11.5. The summed E-state index contributed by atoms with van der Waals surface area (Å²) >= 11 is 0. The van der Waals surface area contributed by atoms with E-state index in [1.165, 1.54) is 12.1 Å². The van der Waals surface area contributed by atoms with E-state index < -0.39 is 11.7 Å². The highest BCUT2D eigenvalue weighted by Crippen LogP contribution is 2.31. The number of hydrogen-bond acceptors (Lipinski definition) is 7. The van der Waals surface area contributed by atoms with Gasteiger partial charge in [0.05, 0.1) is 23.9 Å². The summed E-state index contributed by atoms with van der Waals surface area (Å²) in [6.45, 7) is 6.59. The van der Waals surface area contributed by atoms with Gasteiger partial charge in [0, 0.05) is 49.4 Å². The normalized spacial score (nSPS) is 15.2. The van der Waals surface area contributed by atoms with E-state index in [2.05, 4.69) is 25.1 Å². The molecule has 0 unspecified atom stereocenters. The van der Waals surface area contributed by atoms with Gasteiger partial charge in [-0.15, -0.1) is 0 Å². The second kappa shape index (κ2) is 9.34. The molecule has 0 saturated carbocycles. The van der Waals surface area contributed by atoms with Crippen LogP contribution < -0.4 is 0 Å². The van der Waals surface area contributed by atoms with Crippen molar-refractivity contribution < 1.29 is 22.5 Å². The van der Waals surface area contributed by atoms with E-state index >= 15 is 0 Å². The number of benzene rings is 1. The average molecular weight is 499 g/mol. The Labute approximate surface area is 204 Å². The highest BCUT2D eigenvalue weighted by Gasteiger charge is 2.31. The van der Waals surface area contributed by atoms with Gasteiger partial charge < -0.3 is 9.42 Å². The molecule has 0 N–H and O–H groups in total. The molecule has 0 bridgehead atoms. The minimum Gasteiger partial charge on any atom is -0.338 e. The number of fused-ring (bicyclic) bond motifs is 1. The van der Waals surface area contributed by atoms with Gasteiger partial charge >= 0.3 is 6.18 Å². The van der Waals surface area contributed by atoms with Gasteiger partial charge in [0.25, 0.3) is 5.91 Å². The van der Waals surface area contributed by atoms with Gasteiger partial charge in [-0.3, -0.25) is 9.69 Å². The first-order chi connectivity index (χ1) is 17.2. The number of nitrogens with zero attached hydrogens (tertiary/aromatic N) is 7. The third-order valence-electron chi connectivity index (χ3n) is 6.10. The summed E-state index contributed by atoms with van der Waals surface area (Å²) in [6.07, 6.45) is -1.14. The van der Waals surface area contributed by atoms with E-state index in [-0.39, 0.29) is 23.3 Å². The van der Waals surface area contributed by atoms with Crippen LogP contribution in [0.4, 0.5) is 13.2 Å². The molecule has 3 aromatic heterocycles. The lowest BCUT2D eigenvalue weighted by Gasteiger charge is -2.33. The van der Waals surface area contributed by atoms with Gasteiger partial charge in [-0.2, -0.15) is 23.3 Å². The lowest BCUT2D eigenvalue weighted by Crippen LogP contribution is -2.48. The Bertz CT molecular complexity index is 1390. The first kappa shape index (κ1) is 23.9. The molecule has 0 spiro atoms. The van der Waals surface area contributed by atoms with Crippen molar-refractivity contribution in [2.45, 2.75) is 32.6 Å². The largest absolute Gasteiger partial charge is 0.416 e. The number of carbonyl (C=O) groups excluding carboxylic acids is 1. The standard InChI is InChI=1S/C24H24F3N7O2/c1-15(2)34-22-17(13-29-34)10-18(12-28-22)23(35)33-8-6-32(7-9-33)14-20-30-21(31-36-20)16-4-3-5-19(11-16)24(25,26)27/h3-5,10-13,15H,6-9,14H2,1-2H3. The number of halogens is 3. The summed E-state index contributed by atoms with van der Waals surface area (Å²) in [5.41, 5.74) is 0.729. The van der Waals surface area contributed by atoms with Crippen molar-refractivity contribution in [3.05, 3.63) is 59.7 Å². The third kappa shape index (κ3) is 4.81. The second-order valence-corrected chi connectivity index (χ2v) is 8.98. The van der Waals surface area contributed by atoms with Crippen LogP contribution in [0.5, 0.6) is 0 Å². The number of hydrogen-bond donors (Lipinski definition) is 0. The first-order valence-electron chi connectivity index (χ1n) is 11.5. The number of pyridine rings is 1. The van der Waals surface area contributed by atoms with Crippen molar-refractivity contribution in [1.29, 1.82) is 0 Å². The molecule has 0 aliphatic carbocycles. The van der Waals surface area contributed by atoms with Crippen LogP contribution in [0.2, 0.25) is 0 Å². The van der Waals surface area contributed by atoms with Crippen molar-refractivity contribution in [3.63, 3.8) is 0 Å². The Morgan fingerprint density at radius 1 is 1.11 bits per heavy atom. The molecule has 1 fully saturated rings. The molecular formula is C24H24F3N7O2. The zero-order valence-corrected chi connectivity index (χ0v) is 19.7. The van der Waals surface area contributed by atoms with Crippen LogP contribution in [0, 0.1) is 0 Å². The fraction of sp³-hybridized carbons (Fsp3) is 0.375. The highest BCUT2D eigenvalue weighted by molar-refractivity contribution is 5.96. The van der Waals surface area contributed by atoms with Crippen LogP contribution in [0.3, 0.4) is 0 Å². The Morgan fingerprint density at radius 3 is 2.61 bits per heavy atom. The lowest BCUT2D eigenvalue weighted by atomic mass is 10.1. The Morgan fingerprint density at radius 2 is 1.89 bits per heavy atom. The quantitative estimate of drug-likeness (QED) is 0.409.